The van der Waals surface area contributed by atoms with E-state index in [1.165, 1.54) is 5.56 Å². The van der Waals surface area contributed by atoms with Crippen LogP contribution in [0.1, 0.15) is 16.7 Å². The molecule has 0 unspecified atom stereocenters. The van der Waals surface area contributed by atoms with Crippen molar-refractivity contribution in [1.82, 2.24) is 4.90 Å². The van der Waals surface area contributed by atoms with Crippen LogP contribution in [-0.4, -0.2) is 28.5 Å². The fourth-order valence-corrected chi connectivity index (χ4v) is 6.26. The van der Waals surface area contributed by atoms with Crippen molar-refractivity contribution in [2.75, 3.05) is 11.9 Å². The number of benzene rings is 3. The average molecular weight is 710 g/mol. The van der Waals surface area contributed by atoms with Crippen molar-refractivity contribution in [1.29, 1.82) is 0 Å². The highest BCUT2D eigenvalue weighted by Crippen LogP contribution is 2.35. The largest absolute Gasteiger partial charge is 0.487 e. The summed E-state index contributed by atoms with van der Waals surface area (Å²) < 4.78 is 7.85. The van der Waals surface area contributed by atoms with Crippen molar-refractivity contribution >= 4 is 85.8 Å². The van der Waals surface area contributed by atoms with Crippen LogP contribution in [0.2, 0.25) is 0 Å². The Balaban J connectivity index is 1.44. The summed E-state index contributed by atoms with van der Waals surface area (Å²) in [7, 11) is 0. The first-order valence-corrected chi connectivity index (χ1v) is 13.6. The summed E-state index contributed by atoms with van der Waals surface area (Å²) in [5.74, 6) is -0.138. The van der Waals surface area contributed by atoms with E-state index in [4.69, 9.17) is 4.74 Å². The van der Waals surface area contributed by atoms with Gasteiger partial charge >= 0.3 is 0 Å². The van der Waals surface area contributed by atoms with Crippen molar-refractivity contribution in [3.05, 3.63) is 95.5 Å². The number of aryl methyl sites for hydroxylation is 1. The fraction of sp³-hybridized carbons (Fsp3) is 0.115. The average Bonchev–Trinajstić information content (AvgIpc) is 3.07. The van der Waals surface area contributed by atoms with Gasteiger partial charge in [-0.2, -0.15) is 0 Å². The molecule has 0 aromatic heterocycles. The van der Waals surface area contributed by atoms with Gasteiger partial charge in [0.25, 0.3) is 11.1 Å². The Morgan fingerprint density at radius 1 is 1.03 bits per heavy atom. The Labute approximate surface area is 234 Å². The van der Waals surface area contributed by atoms with Crippen LogP contribution < -0.4 is 10.1 Å². The fourth-order valence-electron chi connectivity index (χ4n) is 3.29. The Morgan fingerprint density at radius 2 is 1.69 bits per heavy atom. The number of carbonyl (C=O) groups excluding carboxylic acids is 3. The second kappa shape index (κ2) is 11.6. The predicted molar refractivity (Wildman–Crippen MR) is 155 cm³/mol. The summed E-state index contributed by atoms with van der Waals surface area (Å²) >= 11 is 5.24. The molecular formula is C26H20I2N2O4S. The Bertz CT molecular complexity index is 1290. The smallest absolute Gasteiger partial charge is 0.294 e. The Morgan fingerprint density at radius 3 is 2.34 bits per heavy atom. The summed E-state index contributed by atoms with van der Waals surface area (Å²) in [4.78, 5) is 38.8. The van der Waals surface area contributed by atoms with Crippen molar-refractivity contribution in [3.63, 3.8) is 0 Å². The minimum absolute atomic E-state index is 0.280. The number of thioether (sulfide) groups is 1. The number of imide groups is 1. The molecule has 9 heteroatoms. The number of carbonyl (C=O) groups is 3. The van der Waals surface area contributed by atoms with Crippen LogP contribution in [0.5, 0.6) is 5.75 Å². The van der Waals surface area contributed by atoms with Crippen molar-refractivity contribution < 1.29 is 19.1 Å². The molecule has 1 heterocycles. The van der Waals surface area contributed by atoms with E-state index < -0.39 is 17.1 Å². The standard InChI is InChI=1S/C26H20I2N2O4S/c1-16-7-9-17(10-8-16)15-34-24-20(27)11-18(12-21(24)28)13-22-25(32)30(26(33)35-22)14-23(31)29-19-5-3-2-4-6-19/h2-13H,14-15H2,1H3,(H,29,31)/b22-13-. The van der Waals surface area contributed by atoms with Gasteiger partial charge in [-0.1, -0.05) is 48.0 Å². The number of hydrogen-bond donors (Lipinski definition) is 1. The molecule has 6 nitrogen and oxygen atoms in total. The molecule has 1 N–H and O–H groups in total. The highest BCUT2D eigenvalue weighted by molar-refractivity contribution is 14.1. The molecule has 0 atom stereocenters. The lowest BCUT2D eigenvalue weighted by atomic mass is 10.1. The van der Waals surface area contributed by atoms with Crippen LogP contribution in [0.25, 0.3) is 6.08 Å². The molecule has 0 saturated carbocycles. The second-order valence-corrected chi connectivity index (χ2v) is 11.1. The molecular weight excluding hydrogens is 690 g/mol. The number of halogens is 2. The molecule has 3 amide bonds. The monoisotopic (exact) mass is 710 g/mol. The number of nitrogens with zero attached hydrogens (tertiary/aromatic N) is 1. The lowest BCUT2D eigenvalue weighted by Crippen LogP contribution is -2.36. The first kappa shape index (κ1) is 25.7. The highest BCUT2D eigenvalue weighted by Gasteiger charge is 2.36. The van der Waals surface area contributed by atoms with Gasteiger partial charge in [-0.05, 0) is 105 Å². The van der Waals surface area contributed by atoms with Gasteiger partial charge in [0, 0.05) is 5.69 Å². The van der Waals surface area contributed by atoms with Gasteiger partial charge in [-0.3, -0.25) is 19.3 Å². The lowest BCUT2D eigenvalue weighted by Gasteiger charge is -2.13. The quantitative estimate of drug-likeness (QED) is 0.225. The number of hydrogen-bond acceptors (Lipinski definition) is 5. The normalized spacial score (nSPS) is 14.5. The van der Waals surface area contributed by atoms with Crippen molar-refractivity contribution in [2.24, 2.45) is 0 Å². The zero-order chi connectivity index (χ0) is 24.9. The molecule has 0 bridgehead atoms. The summed E-state index contributed by atoms with van der Waals surface area (Å²) in [6.45, 7) is 2.16. The Kier molecular flexibility index (Phi) is 8.50. The van der Waals surface area contributed by atoms with Gasteiger partial charge in [0.1, 0.15) is 18.9 Å². The van der Waals surface area contributed by atoms with E-state index in [-0.39, 0.29) is 11.4 Å². The first-order valence-electron chi connectivity index (χ1n) is 10.6. The maximum Gasteiger partial charge on any atom is 0.294 e. The van der Waals surface area contributed by atoms with Crippen molar-refractivity contribution in [2.45, 2.75) is 13.5 Å². The first-order chi connectivity index (χ1) is 16.8. The van der Waals surface area contributed by atoms with Gasteiger partial charge in [-0.25, -0.2) is 0 Å². The van der Waals surface area contributed by atoms with E-state index >= 15 is 0 Å². The van der Waals surface area contributed by atoms with E-state index in [0.29, 0.717) is 12.3 Å². The topological polar surface area (TPSA) is 75.7 Å². The van der Waals surface area contributed by atoms with E-state index in [0.717, 1.165) is 40.7 Å². The number of amides is 3. The van der Waals surface area contributed by atoms with Crippen LogP contribution in [0.3, 0.4) is 0 Å². The molecule has 0 radical (unpaired) electrons. The third-order valence-electron chi connectivity index (χ3n) is 5.06. The molecule has 0 spiro atoms. The summed E-state index contributed by atoms with van der Waals surface area (Å²) in [6.07, 6.45) is 1.67. The van der Waals surface area contributed by atoms with Crippen LogP contribution >= 0.6 is 56.9 Å². The van der Waals surface area contributed by atoms with Gasteiger partial charge in [0.15, 0.2) is 0 Å². The van der Waals surface area contributed by atoms with Gasteiger partial charge < -0.3 is 10.1 Å². The minimum atomic E-state index is -0.479. The summed E-state index contributed by atoms with van der Waals surface area (Å²) in [5.41, 5.74) is 3.66. The van der Waals surface area contributed by atoms with Crippen molar-refractivity contribution in [3.8, 4) is 5.75 Å². The van der Waals surface area contributed by atoms with E-state index in [2.05, 4.69) is 62.6 Å². The van der Waals surface area contributed by atoms with Crippen LogP contribution in [0, 0.1) is 14.1 Å². The van der Waals surface area contributed by atoms with Gasteiger partial charge in [0.05, 0.1) is 12.0 Å². The number of rotatable bonds is 7. The van der Waals surface area contributed by atoms with E-state index in [1.54, 1.807) is 30.3 Å². The maximum absolute atomic E-state index is 12.8. The predicted octanol–water partition coefficient (Wildman–Crippen LogP) is 6.46. The zero-order valence-electron chi connectivity index (χ0n) is 18.6. The second-order valence-electron chi connectivity index (χ2n) is 7.77. The molecule has 4 rings (SSSR count). The van der Waals surface area contributed by atoms with Gasteiger partial charge in [0.2, 0.25) is 5.91 Å². The summed E-state index contributed by atoms with van der Waals surface area (Å²) in [5, 5.41) is 2.23. The number of ether oxygens (including phenoxy) is 1. The molecule has 35 heavy (non-hydrogen) atoms. The molecule has 3 aromatic carbocycles. The van der Waals surface area contributed by atoms with Gasteiger partial charge in [-0.15, -0.1) is 0 Å². The van der Waals surface area contributed by atoms with Crippen LogP contribution in [0.15, 0.2) is 71.6 Å². The minimum Gasteiger partial charge on any atom is -0.487 e. The van der Waals surface area contributed by atoms with E-state index in [9.17, 15) is 14.4 Å². The molecule has 1 aliphatic heterocycles. The third kappa shape index (κ3) is 6.64. The summed E-state index contributed by atoms with van der Waals surface area (Å²) in [6, 6.07) is 20.9. The number of nitrogens with one attached hydrogen (secondary N) is 1. The zero-order valence-corrected chi connectivity index (χ0v) is 23.7. The third-order valence-corrected chi connectivity index (χ3v) is 7.56. The van der Waals surface area contributed by atoms with E-state index in [1.807, 2.05) is 37.3 Å². The molecule has 1 saturated heterocycles. The number of para-hydroxylation sites is 1. The molecule has 1 fully saturated rings. The van der Waals surface area contributed by atoms with Crippen LogP contribution in [0.4, 0.5) is 10.5 Å². The molecule has 3 aromatic rings. The molecule has 178 valence electrons. The SMILES string of the molecule is Cc1ccc(COc2c(I)cc(/C=C3\SC(=O)N(CC(=O)Nc4ccccc4)C3=O)cc2I)cc1. The highest BCUT2D eigenvalue weighted by atomic mass is 127. The van der Waals surface area contributed by atoms with Crippen LogP contribution in [-0.2, 0) is 16.2 Å². The number of anilines is 1. The molecule has 1 aliphatic rings. The Hall–Kier alpha value is -2.38. The maximum atomic E-state index is 12.8. The molecule has 0 aliphatic carbocycles. The lowest BCUT2D eigenvalue weighted by molar-refractivity contribution is -0.127.